The highest BCUT2D eigenvalue weighted by Gasteiger charge is 2.32. The van der Waals surface area contributed by atoms with E-state index < -0.39 is 17.8 Å². The van der Waals surface area contributed by atoms with Crippen molar-refractivity contribution in [3.05, 3.63) is 42.0 Å². The van der Waals surface area contributed by atoms with Gasteiger partial charge in [-0.05, 0) is 25.0 Å². The van der Waals surface area contributed by atoms with E-state index in [1.54, 1.807) is 0 Å². The number of alkyl halides is 3. The number of amides is 1. The molecular weight excluding hydrogens is 361 g/mol. The van der Waals surface area contributed by atoms with Gasteiger partial charge < -0.3 is 15.5 Å². The lowest BCUT2D eigenvalue weighted by Crippen LogP contribution is -2.29. The molecule has 7 nitrogen and oxygen atoms in total. The first kappa shape index (κ1) is 18.9. The minimum absolute atomic E-state index is 0.0707. The number of anilines is 2. The molecule has 0 unspecified atom stereocenters. The van der Waals surface area contributed by atoms with E-state index in [0.29, 0.717) is 12.4 Å². The fourth-order valence-electron chi connectivity index (χ4n) is 2.73. The number of nitrogens with zero attached hydrogens (tertiary/aromatic N) is 4. The highest BCUT2D eigenvalue weighted by atomic mass is 19.4. The molecule has 0 spiro atoms. The maximum atomic E-state index is 12.5. The number of hydrogen-bond donors (Lipinski definition) is 2. The summed E-state index contributed by atoms with van der Waals surface area (Å²) in [4.78, 5) is 25.8. The Morgan fingerprint density at radius 1 is 1.11 bits per heavy atom. The third kappa shape index (κ3) is 5.05. The van der Waals surface area contributed by atoms with E-state index in [-0.39, 0.29) is 12.1 Å². The Morgan fingerprint density at radius 2 is 1.89 bits per heavy atom. The summed E-state index contributed by atoms with van der Waals surface area (Å²) < 4.78 is 37.4. The molecule has 3 heterocycles. The number of aromatic nitrogens is 3. The molecule has 1 fully saturated rings. The minimum Gasteiger partial charge on any atom is -0.368 e. The summed E-state index contributed by atoms with van der Waals surface area (Å²) in [6, 6.07) is 3.74. The second-order valence-electron chi connectivity index (χ2n) is 6.07. The second-order valence-corrected chi connectivity index (χ2v) is 6.07. The smallest absolute Gasteiger partial charge is 0.368 e. The lowest BCUT2D eigenvalue weighted by Gasteiger charge is -2.16. The molecule has 1 aliphatic rings. The van der Waals surface area contributed by atoms with Crippen LogP contribution < -0.4 is 15.5 Å². The summed E-state index contributed by atoms with van der Waals surface area (Å²) in [6.07, 6.45) is 0.181. The van der Waals surface area contributed by atoms with Crippen LogP contribution in [0.15, 0.2) is 30.7 Å². The van der Waals surface area contributed by atoms with Crippen molar-refractivity contribution < 1.29 is 18.0 Å². The molecule has 2 aromatic heterocycles. The zero-order valence-corrected chi connectivity index (χ0v) is 14.5. The Balaban J connectivity index is 1.46. The molecule has 0 bridgehead atoms. The van der Waals surface area contributed by atoms with Crippen LogP contribution in [0.1, 0.15) is 28.9 Å². The first-order valence-corrected chi connectivity index (χ1v) is 8.56. The molecule has 10 heteroatoms. The highest BCUT2D eigenvalue weighted by molar-refractivity contribution is 5.93. The molecular formula is C17H19F3N6O. The molecule has 3 rings (SSSR count). The van der Waals surface area contributed by atoms with Gasteiger partial charge in [-0.2, -0.15) is 13.2 Å². The number of hydrogen-bond acceptors (Lipinski definition) is 6. The molecule has 2 N–H and O–H groups in total. The van der Waals surface area contributed by atoms with Crippen molar-refractivity contribution in [1.82, 2.24) is 20.3 Å². The summed E-state index contributed by atoms with van der Waals surface area (Å²) in [5.41, 5.74) is -0.959. The van der Waals surface area contributed by atoms with Gasteiger partial charge in [0.2, 0.25) is 0 Å². The SMILES string of the molecule is O=C(NCCNc1cc(N2CCCC2)ncn1)c1ccc(C(F)(F)F)nc1. The van der Waals surface area contributed by atoms with Crippen LogP contribution in [-0.4, -0.2) is 47.0 Å². The van der Waals surface area contributed by atoms with Crippen molar-refractivity contribution in [1.29, 1.82) is 0 Å². The molecule has 0 aromatic carbocycles. The summed E-state index contributed by atoms with van der Waals surface area (Å²) in [6.45, 7) is 2.65. The van der Waals surface area contributed by atoms with E-state index in [2.05, 4.69) is 30.5 Å². The molecule has 2 aromatic rings. The average Bonchev–Trinajstić information content (AvgIpc) is 3.19. The maximum absolute atomic E-state index is 12.5. The van der Waals surface area contributed by atoms with Crippen molar-refractivity contribution in [2.45, 2.75) is 19.0 Å². The molecule has 1 aliphatic heterocycles. The van der Waals surface area contributed by atoms with Crippen LogP contribution >= 0.6 is 0 Å². The van der Waals surface area contributed by atoms with Crippen LogP contribution in [0.5, 0.6) is 0 Å². The summed E-state index contributed by atoms with van der Waals surface area (Å²) in [5.74, 6) is 1.03. The van der Waals surface area contributed by atoms with Crippen molar-refractivity contribution in [3.8, 4) is 0 Å². The standard InChI is InChI=1S/C17H19F3N6O/c18-17(19,20)13-4-3-12(10-23-13)16(27)22-6-5-21-14-9-15(25-11-24-14)26-7-1-2-8-26/h3-4,9-11H,1-2,5-8H2,(H,22,27)(H,21,24,25). The van der Waals surface area contributed by atoms with Gasteiger partial charge >= 0.3 is 6.18 Å². The lowest BCUT2D eigenvalue weighted by molar-refractivity contribution is -0.141. The predicted octanol–water partition coefficient (Wildman–Crippen LogP) is 2.33. The maximum Gasteiger partial charge on any atom is 0.433 e. The van der Waals surface area contributed by atoms with Crippen LogP contribution in [-0.2, 0) is 6.18 Å². The molecule has 0 radical (unpaired) electrons. The number of carbonyl (C=O) groups is 1. The van der Waals surface area contributed by atoms with E-state index >= 15 is 0 Å². The summed E-state index contributed by atoms with van der Waals surface area (Å²) in [7, 11) is 0. The Kier molecular flexibility index (Phi) is 5.72. The van der Waals surface area contributed by atoms with Gasteiger partial charge in [-0.25, -0.2) is 9.97 Å². The van der Waals surface area contributed by atoms with Crippen LogP contribution in [0.3, 0.4) is 0 Å². The van der Waals surface area contributed by atoms with Gasteiger partial charge in [0.25, 0.3) is 5.91 Å². The Bertz CT molecular complexity index is 775. The zero-order chi connectivity index (χ0) is 19.3. The molecule has 0 saturated carbocycles. The molecule has 1 amide bonds. The summed E-state index contributed by atoms with van der Waals surface area (Å²) in [5, 5.41) is 5.71. The largest absolute Gasteiger partial charge is 0.433 e. The summed E-state index contributed by atoms with van der Waals surface area (Å²) >= 11 is 0. The highest BCUT2D eigenvalue weighted by Crippen LogP contribution is 2.27. The van der Waals surface area contributed by atoms with E-state index in [0.717, 1.165) is 50.1 Å². The van der Waals surface area contributed by atoms with Crippen LogP contribution in [0.25, 0.3) is 0 Å². The lowest BCUT2D eigenvalue weighted by atomic mass is 10.2. The van der Waals surface area contributed by atoms with Gasteiger partial charge in [0, 0.05) is 38.4 Å². The Morgan fingerprint density at radius 3 is 2.56 bits per heavy atom. The van der Waals surface area contributed by atoms with Crippen LogP contribution in [0, 0.1) is 0 Å². The van der Waals surface area contributed by atoms with Gasteiger partial charge in [0.15, 0.2) is 0 Å². The van der Waals surface area contributed by atoms with Gasteiger partial charge in [-0.3, -0.25) is 9.78 Å². The van der Waals surface area contributed by atoms with Gasteiger partial charge in [0.1, 0.15) is 23.7 Å². The molecule has 0 atom stereocenters. The average molecular weight is 380 g/mol. The third-order valence-electron chi connectivity index (χ3n) is 4.12. The third-order valence-corrected chi connectivity index (χ3v) is 4.12. The molecule has 0 aliphatic carbocycles. The van der Waals surface area contributed by atoms with Gasteiger partial charge in [-0.15, -0.1) is 0 Å². The van der Waals surface area contributed by atoms with Crippen molar-refractivity contribution >= 4 is 17.5 Å². The van der Waals surface area contributed by atoms with Crippen LogP contribution in [0.4, 0.5) is 24.8 Å². The minimum atomic E-state index is -4.52. The number of halogens is 3. The number of pyridine rings is 1. The first-order chi connectivity index (χ1) is 12.9. The normalized spacial score (nSPS) is 14.3. The van der Waals surface area contributed by atoms with Crippen molar-refractivity contribution in [2.24, 2.45) is 0 Å². The Hall–Kier alpha value is -2.91. The predicted molar refractivity (Wildman–Crippen MR) is 93.5 cm³/mol. The second kappa shape index (κ2) is 8.19. The van der Waals surface area contributed by atoms with E-state index in [1.807, 2.05) is 6.07 Å². The molecule has 144 valence electrons. The van der Waals surface area contributed by atoms with Gasteiger partial charge in [-0.1, -0.05) is 0 Å². The molecule has 27 heavy (non-hydrogen) atoms. The fraction of sp³-hybridized carbons (Fsp3) is 0.412. The fourth-order valence-corrected chi connectivity index (χ4v) is 2.73. The van der Waals surface area contributed by atoms with E-state index in [4.69, 9.17) is 0 Å². The quantitative estimate of drug-likeness (QED) is 0.749. The van der Waals surface area contributed by atoms with Crippen molar-refractivity contribution in [3.63, 3.8) is 0 Å². The van der Waals surface area contributed by atoms with E-state index in [9.17, 15) is 18.0 Å². The monoisotopic (exact) mass is 380 g/mol. The number of nitrogens with one attached hydrogen (secondary N) is 2. The topological polar surface area (TPSA) is 83.0 Å². The van der Waals surface area contributed by atoms with Gasteiger partial charge in [0.05, 0.1) is 5.56 Å². The van der Waals surface area contributed by atoms with E-state index in [1.165, 1.54) is 6.33 Å². The zero-order valence-electron chi connectivity index (χ0n) is 14.5. The van der Waals surface area contributed by atoms with Crippen LogP contribution in [0.2, 0.25) is 0 Å². The number of carbonyl (C=O) groups excluding carboxylic acids is 1. The number of rotatable bonds is 6. The Labute approximate surface area is 154 Å². The first-order valence-electron chi connectivity index (χ1n) is 8.56. The molecule has 1 saturated heterocycles. The van der Waals surface area contributed by atoms with Crippen molar-refractivity contribution in [2.75, 3.05) is 36.4 Å².